The second kappa shape index (κ2) is 7.15. The van der Waals surface area contributed by atoms with Gasteiger partial charge in [0.05, 0.1) is 21.9 Å². The summed E-state index contributed by atoms with van der Waals surface area (Å²) in [5, 5.41) is 8.50. The van der Waals surface area contributed by atoms with Crippen LogP contribution < -0.4 is 10.6 Å². The molecule has 0 fully saturated rings. The van der Waals surface area contributed by atoms with Crippen LogP contribution in [0.1, 0.15) is 0 Å². The van der Waals surface area contributed by atoms with Crippen molar-refractivity contribution in [1.82, 2.24) is 15.0 Å². The predicted molar refractivity (Wildman–Crippen MR) is 107 cm³/mol. The predicted octanol–water partition coefficient (Wildman–Crippen LogP) is 5.82. The summed E-state index contributed by atoms with van der Waals surface area (Å²) in [5.74, 6) is 1.07. The third kappa shape index (κ3) is 3.54. The normalized spacial score (nSPS) is 10.7. The molecule has 2 aromatic carbocycles. The summed E-state index contributed by atoms with van der Waals surface area (Å²) in [6.45, 7) is 0. The molecule has 0 saturated heterocycles. The number of pyridine rings is 1. The zero-order valence-corrected chi connectivity index (χ0v) is 15.0. The molecule has 26 heavy (non-hydrogen) atoms. The topological polar surface area (TPSA) is 62.7 Å². The Morgan fingerprint density at radius 1 is 0.769 bits per heavy atom. The standard InChI is InChI=1S/C19H13Cl2N5/c20-13-6-7-15(14(21)11-13)25-19-23-10-8-17(26-19)24-16-5-1-3-12-4-2-9-22-18(12)16/h1-11H,(H2,23,24,25,26). The molecule has 2 N–H and O–H groups in total. The largest absolute Gasteiger partial charge is 0.338 e. The van der Waals surface area contributed by atoms with E-state index < -0.39 is 0 Å². The molecule has 0 bridgehead atoms. The van der Waals surface area contributed by atoms with E-state index in [1.807, 2.05) is 30.3 Å². The molecule has 0 radical (unpaired) electrons. The fourth-order valence-corrected chi connectivity index (χ4v) is 3.00. The molecule has 7 heteroatoms. The lowest BCUT2D eigenvalue weighted by atomic mass is 10.2. The third-order valence-corrected chi connectivity index (χ3v) is 4.28. The first-order valence-electron chi connectivity index (χ1n) is 7.85. The van der Waals surface area contributed by atoms with Gasteiger partial charge in [0.15, 0.2) is 0 Å². The summed E-state index contributed by atoms with van der Waals surface area (Å²) in [6.07, 6.45) is 3.43. The molecule has 5 nitrogen and oxygen atoms in total. The van der Waals surface area contributed by atoms with Crippen LogP contribution in [0.4, 0.5) is 23.1 Å². The number of hydrogen-bond acceptors (Lipinski definition) is 5. The number of nitrogens with zero attached hydrogens (tertiary/aromatic N) is 3. The first kappa shape index (κ1) is 16.6. The van der Waals surface area contributed by atoms with Crippen LogP contribution in [-0.2, 0) is 0 Å². The number of anilines is 4. The van der Waals surface area contributed by atoms with Crippen LogP contribution in [0.25, 0.3) is 10.9 Å². The number of nitrogens with one attached hydrogen (secondary N) is 2. The summed E-state index contributed by atoms with van der Waals surface area (Å²) < 4.78 is 0. The van der Waals surface area contributed by atoms with Crippen LogP contribution in [0.3, 0.4) is 0 Å². The minimum atomic E-state index is 0.424. The van der Waals surface area contributed by atoms with E-state index in [1.54, 1.807) is 36.7 Å². The van der Waals surface area contributed by atoms with Crippen molar-refractivity contribution in [1.29, 1.82) is 0 Å². The number of aromatic nitrogens is 3. The average molecular weight is 382 g/mol. The molecule has 0 spiro atoms. The Hall–Kier alpha value is -2.89. The van der Waals surface area contributed by atoms with Crippen LogP contribution in [0.5, 0.6) is 0 Å². The molecule has 4 aromatic rings. The minimum Gasteiger partial charge on any atom is -0.338 e. The number of para-hydroxylation sites is 1. The van der Waals surface area contributed by atoms with Gasteiger partial charge >= 0.3 is 0 Å². The molecule has 0 saturated carbocycles. The summed E-state index contributed by atoms with van der Waals surface area (Å²) in [6, 6.07) is 16.9. The van der Waals surface area contributed by atoms with Gasteiger partial charge in [0.2, 0.25) is 5.95 Å². The molecule has 0 amide bonds. The van der Waals surface area contributed by atoms with Crippen molar-refractivity contribution in [3.05, 3.63) is 77.0 Å². The molecule has 0 atom stereocenters. The van der Waals surface area contributed by atoms with Crippen LogP contribution in [0.2, 0.25) is 10.0 Å². The highest BCUT2D eigenvalue weighted by Crippen LogP contribution is 2.28. The molecule has 2 heterocycles. The number of hydrogen-bond donors (Lipinski definition) is 2. The number of benzene rings is 2. The Morgan fingerprint density at radius 2 is 1.65 bits per heavy atom. The van der Waals surface area contributed by atoms with Crippen LogP contribution >= 0.6 is 23.2 Å². The van der Waals surface area contributed by atoms with Crippen molar-refractivity contribution >= 4 is 57.2 Å². The van der Waals surface area contributed by atoms with Crippen LogP contribution in [0.15, 0.2) is 67.0 Å². The summed E-state index contributed by atoms with van der Waals surface area (Å²) in [4.78, 5) is 13.1. The van der Waals surface area contributed by atoms with Gasteiger partial charge in [0.25, 0.3) is 0 Å². The van der Waals surface area contributed by atoms with Gasteiger partial charge in [0, 0.05) is 22.8 Å². The van der Waals surface area contributed by atoms with Gasteiger partial charge in [-0.25, -0.2) is 4.98 Å². The van der Waals surface area contributed by atoms with Crippen molar-refractivity contribution in [2.24, 2.45) is 0 Å². The highest BCUT2D eigenvalue weighted by molar-refractivity contribution is 6.36. The molecular formula is C19H13Cl2N5. The lowest BCUT2D eigenvalue weighted by molar-refractivity contribution is 1.17. The monoisotopic (exact) mass is 381 g/mol. The molecular weight excluding hydrogens is 369 g/mol. The lowest BCUT2D eigenvalue weighted by Crippen LogP contribution is -2.01. The molecule has 0 aliphatic rings. The molecule has 0 unspecified atom stereocenters. The first-order valence-corrected chi connectivity index (χ1v) is 8.60. The van der Waals surface area contributed by atoms with Crippen LogP contribution in [0, 0.1) is 0 Å². The van der Waals surface area contributed by atoms with E-state index in [0.29, 0.717) is 27.5 Å². The fraction of sp³-hybridized carbons (Fsp3) is 0. The molecule has 0 aliphatic carbocycles. The second-order valence-electron chi connectivity index (χ2n) is 5.52. The number of rotatable bonds is 4. The highest BCUT2D eigenvalue weighted by atomic mass is 35.5. The van der Waals surface area contributed by atoms with Crippen LogP contribution in [-0.4, -0.2) is 15.0 Å². The maximum Gasteiger partial charge on any atom is 0.229 e. The van der Waals surface area contributed by atoms with Gasteiger partial charge in [-0.2, -0.15) is 4.98 Å². The van der Waals surface area contributed by atoms with Gasteiger partial charge in [-0.3, -0.25) is 4.98 Å². The molecule has 128 valence electrons. The van der Waals surface area contributed by atoms with Gasteiger partial charge < -0.3 is 10.6 Å². The molecule has 4 rings (SSSR count). The smallest absolute Gasteiger partial charge is 0.229 e. The Bertz CT molecular complexity index is 1080. The Morgan fingerprint density at radius 3 is 2.54 bits per heavy atom. The van der Waals surface area contributed by atoms with E-state index in [0.717, 1.165) is 16.6 Å². The van der Waals surface area contributed by atoms with E-state index in [2.05, 4.69) is 25.6 Å². The SMILES string of the molecule is Clc1ccc(Nc2nccc(Nc3cccc4cccnc34)n2)c(Cl)c1. The van der Waals surface area contributed by atoms with E-state index >= 15 is 0 Å². The minimum absolute atomic E-state index is 0.424. The first-order chi connectivity index (χ1) is 12.7. The average Bonchev–Trinajstić information content (AvgIpc) is 2.65. The van der Waals surface area contributed by atoms with Gasteiger partial charge in [0.1, 0.15) is 5.82 Å². The third-order valence-electron chi connectivity index (χ3n) is 3.73. The Labute approximate surface area is 160 Å². The van der Waals surface area contributed by atoms with Crippen molar-refractivity contribution in [2.75, 3.05) is 10.6 Å². The van der Waals surface area contributed by atoms with Crippen molar-refractivity contribution in [3.8, 4) is 0 Å². The Kier molecular flexibility index (Phi) is 4.56. The summed E-state index contributed by atoms with van der Waals surface area (Å²) >= 11 is 12.1. The van der Waals surface area contributed by atoms with Gasteiger partial charge in [-0.05, 0) is 36.4 Å². The van der Waals surface area contributed by atoms with Crippen molar-refractivity contribution in [2.45, 2.75) is 0 Å². The molecule has 0 aliphatic heterocycles. The quantitative estimate of drug-likeness (QED) is 0.466. The Balaban J connectivity index is 1.61. The maximum atomic E-state index is 6.19. The summed E-state index contributed by atoms with van der Waals surface area (Å²) in [7, 11) is 0. The zero-order chi connectivity index (χ0) is 17.9. The summed E-state index contributed by atoms with van der Waals surface area (Å²) in [5.41, 5.74) is 2.43. The van der Waals surface area contributed by atoms with E-state index in [-0.39, 0.29) is 0 Å². The van der Waals surface area contributed by atoms with Crippen molar-refractivity contribution in [3.63, 3.8) is 0 Å². The van der Waals surface area contributed by atoms with Gasteiger partial charge in [-0.15, -0.1) is 0 Å². The van der Waals surface area contributed by atoms with Gasteiger partial charge in [-0.1, -0.05) is 41.4 Å². The highest BCUT2D eigenvalue weighted by Gasteiger charge is 2.06. The van der Waals surface area contributed by atoms with Crippen molar-refractivity contribution < 1.29 is 0 Å². The van der Waals surface area contributed by atoms with E-state index in [9.17, 15) is 0 Å². The molecule has 2 aromatic heterocycles. The second-order valence-corrected chi connectivity index (χ2v) is 6.36. The fourth-order valence-electron chi connectivity index (χ4n) is 2.54. The zero-order valence-electron chi connectivity index (χ0n) is 13.4. The number of fused-ring (bicyclic) bond motifs is 1. The number of halogens is 2. The van der Waals surface area contributed by atoms with E-state index in [1.165, 1.54) is 0 Å². The maximum absolute atomic E-state index is 6.19. The van der Waals surface area contributed by atoms with E-state index in [4.69, 9.17) is 23.2 Å². The lowest BCUT2D eigenvalue weighted by Gasteiger charge is -2.11.